The molecule has 1 aliphatic carbocycles. The van der Waals surface area contributed by atoms with Crippen LogP contribution in [0.4, 0.5) is 4.79 Å². The average Bonchev–Trinajstić information content (AvgIpc) is 3.53. The number of rotatable bonds is 7. The molecular formula is C26H31NO6. The maximum Gasteiger partial charge on any atom is 0.410 e. The van der Waals surface area contributed by atoms with Crippen molar-refractivity contribution in [3.05, 3.63) is 59.7 Å². The molecule has 2 aromatic carbocycles. The molecule has 0 aromatic heterocycles. The number of methoxy groups -OCH3 is 2. The van der Waals surface area contributed by atoms with Gasteiger partial charge in [-0.25, -0.2) is 4.79 Å². The van der Waals surface area contributed by atoms with Crippen molar-refractivity contribution in [2.45, 2.75) is 44.3 Å². The Bertz CT molecular complexity index is 957. The molecule has 1 amide bonds. The molecule has 1 saturated heterocycles. The van der Waals surface area contributed by atoms with Gasteiger partial charge in [0.1, 0.15) is 6.61 Å². The number of carbonyl (C=O) groups is 2. The Kier molecular flexibility index (Phi) is 7.37. The van der Waals surface area contributed by atoms with Crippen LogP contribution in [0.15, 0.2) is 48.5 Å². The lowest BCUT2D eigenvalue weighted by Crippen LogP contribution is -2.30. The van der Waals surface area contributed by atoms with E-state index < -0.39 is 12.0 Å². The summed E-state index contributed by atoms with van der Waals surface area (Å²) in [6.45, 7) is 0.796. The molecule has 1 heterocycles. The number of ether oxygens (including phenoxy) is 4. The van der Waals surface area contributed by atoms with Crippen LogP contribution >= 0.6 is 0 Å². The zero-order valence-corrected chi connectivity index (χ0v) is 19.2. The minimum Gasteiger partial charge on any atom is -0.493 e. The molecule has 1 saturated carbocycles. The second-order valence-electron chi connectivity index (χ2n) is 8.62. The summed E-state index contributed by atoms with van der Waals surface area (Å²) in [6.07, 6.45) is 4.13. The molecule has 33 heavy (non-hydrogen) atoms. The van der Waals surface area contributed by atoms with Crippen molar-refractivity contribution in [2.75, 3.05) is 27.3 Å². The van der Waals surface area contributed by atoms with E-state index in [9.17, 15) is 9.59 Å². The summed E-state index contributed by atoms with van der Waals surface area (Å²) in [5, 5.41) is 0. The second-order valence-corrected chi connectivity index (χ2v) is 8.62. The van der Waals surface area contributed by atoms with E-state index in [0.29, 0.717) is 18.0 Å². The van der Waals surface area contributed by atoms with Gasteiger partial charge in [0.05, 0.1) is 26.2 Å². The Hall–Kier alpha value is -3.22. The van der Waals surface area contributed by atoms with Crippen LogP contribution in [-0.4, -0.2) is 50.4 Å². The van der Waals surface area contributed by atoms with Crippen molar-refractivity contribution in [3.8, 4) is 11.5 Å². The Morgan fingerprint density at radius 3 is 2.42 bits per heavy atom. The van der Waals surface area contributed by atoms with Gasteiger partial charge < -0.3 is 23.8 Å². The number of hydrogen-bond acceptors (Lipinski definition) is 6. The van der Waals surface area contributed by atoms with E-state index in [1.54, 1.807) is 12.0 Å². The van der Waals surface area contributed by atoms with Crippen molar-refractivity contribution in [1.29, 1.82) is 0 Å². The molecule has 2 unspecified atom stereocenters. The number of esters is 1. The molecule has 0 radical (unpaired) electrons. The molecular weight excluding hydrogens is 422 g/mol. The fourth-order valence-corrected chi connectivity index (χ4v) is 4.69. The van der Waals surface area contributed by atoms with Gasteiger partial charge >= 0.3 is 12.1 Å². The van der Waals surface area contributed by atoms with E-state index in [-0.39, 0.29) is 31.1 Å². The van der Waals surface area contributed by atoms with Gasteiger partial charge in [-0.15, -0.1) is 0 Å². The van der Waals surface area contributed by atoms with Gasteiger partial charge in [-0.05, 0) is 48.9 Å². The van der Waals surface area contributed by atoms with Gasteiger partial charge in [-0.3, -0.25) is 4.79 Å². The summed E-state index contributed by atoms with van der Waals surface area (Å²) in [5.41, 5.74) is 1.83. The lowest BCUT2D eigenvalue weighted by molar-refractivity contribution is -0.145. The Morgan fingerprint density at radius 1 is 0.970 bits per heavy atom. The van der Waals surface area contributed by atoms with Crippen LogP contribution in [0.25, 0.3) is 0 Å². The van der Waals surface area contributed by atoms with Gasteiger partial charge in [0, 0.05) is 19.0 Å². The van der Waals surface area contributed by atoms with Crippen molar-refractivity contribution >= 4 is 12.1 Å². The van der Waals surface area contributed by atoms with Crippen LogP contribution in [0.3, 0.4) is 0 Å². The van der Waals surface area contributed by atoms with E-state index in [1.165, 1.54) is 20.0 Å². The predicted octanol–water partition coefficient (Wildman–Crippen LogP) is 4.54. The third-order valence-corrected chi connectivity index (χ3v) is 6.50. The van der Waals surface area contributed by atoms with E-state index in [1.807, 2.05) is 48.5 Å². The fraction of sp³-hybridized carbons (Fsp3) is 0.462. The third kappa shape index (κ3) is 5.41. The number of likely N-dealkylation sites (tertiary alicyclic amines) is 1. The highest BCUT2D eigenvalue weighted by Gasteiger charge is 2.42. The van der Waals surface area contributed by atoms with Crippen LogP contribution in [0.1, 0.15) is 42.7 Å². The smallest absolute Gasteiger partial charge is 0.410 e. The lowest BCUT2D eigenvalue weighted by Gasteiger charge is -2.20. The first-order valence-corrected chi connectivity index (χ1v) is 11.5. The standard InChI is InChI=1S/C26H31NO6/c1-30-23-13-12-19(14-24(23)33-20-10-6-7-11-20)21-15-27(16-22(21)25(28)31-2)26(29)32-17-18-8-4-3-5-9-18/h3-5,8-9,12-14,20-22H,6-7,10-11,15-17H2,1-2H3. The van der Waals surface area contributed by atoms with Crippen LogP contribution in [0, 0.1) is 5.92 Å². The first-order chi connectivity index (χ1) is 16.1. The summed E-state index contributed by atoms with van der Waals surface area (Å²) in [6, 6.07) is 15.3. The molecule has 0 spiro atoms. The number of hydrogen-bond donors (Lipinski definition) is 0. The molecule has 2 aliphatic rings. The molecule has 2 aromatic rings. The maximum absolute atomic E-state index is 12.8. The molecule has 0 N–H and O–H groups in total. The molecule has 1 aliphatic heterocycles. The van der Waals surface area contributed by atoms with Crippen LogP contribution in [-0.2, 0) is 20.9 Å². The molecule has 2 atom stereocenters. The number of benzene rings is 2. The van der Waals surface area contributed by atoms with E-state index >= 15 is 0 Å². The van der Waals surface area contributed by atoms with E-state index in [2.05, 4.69) is 0 Å². The van der Waals surface area contributed by atoms with Gasteiger partial charge in [0.25, 0.3) is 0 Å². The summed E-state index contributed by atoms with van der Waals surface area (Å²) < 4.78 is 22.3. The lowest BCUT2D eigenvalue weighted by atomic mass is 9.89. The van der Waals surface area contributed by atoms with Crippen molar-refractivity contribution in [3.63, 3.8) is 0 Å². The molecule has 0 bridgehead atoms. The fourth-order valence-electron chi connectivity index (χ4n) is 4.69. The summed E-state index contributed by atoms with van der Waals surface area (Å²) in [7, 11) is 2.99. The normalized spacial score (nSPS) is 20.5. The highest BCUT2D eigenvalue weighted by atomic mass is 16.6. The Labute approximate surface area is 194 Å². The SMILES string of the molecule is COC(=O)C1CN(C(=O)OCc2ccccc2)CC1c1ccc(OC)c(OC2CCCC2)c1. The van der Waals surface area contributed by atoms with Gasteiger partial charge in [-0.2, -0.15) is 0 Å². The topological polar surface area (TPSA) is 74.3 Å². The largest absolute Gasteiger partial charge is 0.493 e. The molecule has 176 valence electrons. The minimum absolute atomic E-state index is 0.179. The van der Waals surface area contributed by atoms with Gasteiger partial charge in [-0.1, -0.05) is 36.4 Å². The van der Waals surface area contributed by atoms with Crippen LogP contribution in [0.5, 0.6) is 11.5 Å². The highest BCUT2D eigenvalue weighted by Crippen LogP contribution is 2.39. The molecule has 7 nitrogen and oxygen atoms in total. The average molecular weight is 454 g/mol. The second kappa shape index (κ2) is 10.6. The molecule has 4 rings (SSSR count). The minimum atomic E-state index is -0.480. The summed E-state index contributed by atoms with van der Waals surface area (Å²) >= 11 is 0. The van der Waals surface area contributed by atoms with Crippen molar-refractivity contribution in [2.24, 2.45) is 5.92 Å². The zero-order valence-electron chi connectivity index (χ0n) is 19.2. The van der Waals surface area contributed by atoms with Crippen molar-refractivity contribution < 1.29 is 28.5 Å². The molecule has 2 fully saturated rings. The van der Waals surface area contributed by atoms with Gasteiger partial charge in [0.2, 0.25) is 0 Å². The van der Waals surface area contributed by atoms with Crippen LogP contribution < -0.4 is 9.47 Å². The van der Waals surface area contributed by atoms with E-state index in [4.69, 9.17) is 18.9 Å². The summed E-state index contributed by atoms with van der Waals surface area (Å²) in [4.78, 5) is 26.9. The van der Waals surface area contributed by atoms with Crippen molar-refractivity contribution in [1.82, 2.24) is 4.90 Å². The third-order valence-electron chi connectivity index (χ3n) is 6.50. The maximum atomic E-state index is 12.8. The molecule has 7 heteroatoms. The quantitative estimate of drug-likeness (QED) is 0.573. The number of nitrogens with zero attached hydrogens (tertiary/aromatic N) is 1. The van der Waals surface area contributed by atoms with Gasteiger partial charge in [0.15, 0.2) is 11.5 Å². The van der Waals surface area contributed by atoms with Crippen LogP contribution in [0.2, 0.25) is 0 Å². The number of amides is 1. The first kappa shape index (κ1) is 23.0. The summed E-state index contributed by atoms with van der Waals surface area (Å²) in [5.74, 6) is 0.297. The zero-order chi connectivity index (χ0) is 23.2. The monoisotopic (exact) mass is 453 g/mol. The first-order valence-electron chi connectivity index (χ1n) is 11.5. The number of carbonyl (C=O) groups excluding carboxylic acids is 2. The highest BCUT2D eigenvalue weighted by molar-refractivity contribution is 5.77. The Balaban J connectivity index is 1.51. The van der Waals surface area contributed by atoms with E-state index in [0.717, 1.165) is 24.0 Å². The Morgan fingerprint density at radius 2 is 1.73 bits per heavy atom. The predicted molar refractivity (Wildman–Crippen MR) is 122 cm³/mol.